The van der Waals surface area contributed by atoms with Gasteiger partial charge in [0.1, 0.15) is 5.56 Å². The zero-order chi connectivity index (χ0) is 15.3. The molecule has 0 aliphatic carbocycles. The van der Waals surface area contributed by atoms with E-state index in [9.17, 15) is 19.7 Å². The lowest BCUT2D eigenvalue weighted by atomic mass is 10.1. The molecule has 1 amide bonds. The fourth-order valence-electron chi connectivity index (χ4n) is 1.65. The van der Waals surface area contributed by atoms with E-state index in [1.807, 2.05) is 0 Å². The number of nitro groups is 1. The first-order chi connectivity index (χ1) is 9.36. The van der Waals surface area contributed by atoms with E-state index in [2.05, 4.69) is 5.32 Å². The zero-order valence-corrected chi connectivity index (χ0v) is 11.1. The topological polar surface area (TPSA) is 113 Å². The largest absolute Gasteiger partial charge is 0.477 e. The van der Waals surface area contributed by atoms with Gasteiger partial charge in [-0.05, 0) is 19.1 Å². The van der Waals surface area contributed by atoms with Crippen LogP contribution in [0, 0.1) is 10.1 Å². The molecule has 0 aromatic heterocycles. The number of nitrogens with one attached hydrogen (secondary N) is 1. The van der Waals surface area contributed by atoms with Crippen LogP contribution < -0.4 is 10.2 Å². The second-order valence-corrected chi connectivity index (χ2v) is 4.07. The van der Waals surface area contributed by atoms with Gasteiger partial charge in [-0.2, -0.15) is 0 Å². The number of benzene rings is 1. The van der Waals surface area contributed by atoms with Crippen LogP contribution in [0.2, 0.25) is 0 Å². The molecule has 0 fully saturated rings. The highest BCUT2D eigenvalue weighted by Gasteiger charge is 2.21. The third-order valence-corrected chi connectivity index (χ3v) is 2.60. The highest BCUT2D eigenvalue weighted by atomic mass is 16.6. The molecule has 1 aromatic carbocycles. The summed E-state index contributed by atoms with van der Waals surface area (Å²) < 4.78 is 0. The fraction of sp³-hybridized carbons (Fsp3) is 0.333. The monoisotopic (exact) mass is 281 g/mol. The van der Waals surface area contributed by atoms with Crippen LogP contribution in [-0.2, 0) is 4.79 Å². The van der Waals surface area contributed by atoms with Crippen molar-refractivity contribution >= 4 is 23.3 Å². The van der Waals surface area contributed by atoms with Gasteiger partial charge in [-0.3, -0.25) is 14.9 Å². The minimum Gasteiger partial charge on any atom is -0.477 e. The van der Waals surface area contributed by atoms with E-state index in [1.54, 1.807) is 14.0 Å². The molecule has 20 heavy (non-hydrogen) atoms. The molecule has 0 atom stereocenters. The van der Waals surface area contributed by atoms with Crippen LogP contribution in [0.25, 0.3) is 0 Å². The number of nitro benzene ring substituents is 1. The van der Waals surface area contributed by atoms with Gasteiger partial charge in [-0.25, -0.2) is 4.79 Å². The number of carbonyl (C=O) groups is 2. The number of amides is 1. The summed E-state index contributed by atoms with van der Waals surface area (Å²) in [6.45, 7) is 2.30. The van der Waals surface area contributed by atoms with Gasteiger partial charge in [0, 0.05) is 25.3 Å². The van der Waals surface area contributed by atoms with Gasteiger partial charge >= 0.3 is 5.97 Å². The summed E-state index contributed by atoms with van der Waals surface area (Å²) in [5.41, 5.74) is -0.490. The van der Waals surface area contributed by atoms with Crippen LogP contribution >= 0.6 is 0 Å². The molecule has 1 aromatic rings. The van der Waals surface area contributed by atoms with Crippen LogP contribution in [0.15, 0.2) is 18.2 Å². The lowest BCUT2D eigenvalue weighted by Crippen LogP contribution is -2.35. The number of nitrogens with zero attached hydrogens (tertiary/aromatic N) is 2. The molecule has 2 N–H and O–H groups in total. The Hall–Kier alpha value is -2.64. The molecule has 8 nitrogen and oxygen atoms in total. The van der Waals surface area contributed by atoms with Crippen molar-refractivity contribution in [2.24, 2.45) is 0 Å². The van der Waals surface area contributed by atoms with Crippen molar-refractivity contribution in [3.8, 4) is 0 Å². The number of anilines is 1. The maximum Gasteiger partial charge on any atom is 0.342 e. The first-order valence-corrected chi connectivity index (χ1v) is 5.86. The number of carboxylic acids is 1. The van der Waals surface area contributed by atoms with Gasteiger partial charge in [0.25, 0.3) is 5.69 Å². The number of aromatic carboxylic acids is 1. The Balaban J connectivity index is 3.02. The van der Waals surface area contributed by atoms with Gasteiger partial charge in [-0.15, -0.1) is 0 Å². The van der Waals surface area contributed by atoms with Crippen molar-refractivity contribution in [3.05, 3.63) is 33.9 Å². The summed E-state index contributed by atoms with van der Waals surface area (Å²) in [6, 6.07) is 3.72. The number of hydrogen-bond donors (Lipinski definition) is 2. The average Bonchev–Trinajstić information content (AvgIpc) is 2.37. The van der Waals surface area contributed by atoms with E-state index in [0.717, 1.165) is 12.1 Å². The summed E-state index contributed by atoms with van der Waals surface area (Å²) >= 11 is 0. The summed E-state index contributed by atoms with van der Waals surface area (Å²) in [7, 11) is 1.59. The molecule has 108 valence electrons. The predicted molar refractivity (Wildman–Crippen MR) is 72.0 cm³/mol. The van der Waals surface area contributed by atoms with Gasteiger partial charge in [0.2, 0.25) is 5.91 Å². The number of hydrogen-bond acceptors (Lipinski definition) is 5. The van der Waals surface area contributed by atoms with Gasteiger partial charge in [0.15, 0.2) is 0 Å². The van der Waals surface area contributed by atoms with Crippen molar-refractivity contribution in [1.29, 1.82) is 0 Å². The van der Waals surface area contributed by atoms with Crippen molar-refractivity contribution in [3.63, 3.8) is 0 Å². The molecule has 0 saturated carbocycles. The van der Waals surface area contributed by atoms with Crippen molar-refractivity contribution in [2.45, 2.75) is 6.92 Å². The lowest BCUT2D eigenvalue weighted by molar-refractivity contribution is -0.385. The highest BCUT2D eigenvalue weighted by molar-refractivity contribution is 5.93. The maximum atomic E-state index is 11.4. The first kappa shape index (κ1) is 15.4. The molecule has 0 bridgehead atoms. The number of carbonyl (C=O) groups excluding carboxylic acids is 1. The summed E-state index contributed by atoms with van der Waals surface area (Å²) in [4.78, 5) is 33.9. The summed E-state index contributed by atoms with van der Waals surface area (Å²) in [5, 5.41) is 22.4. The molecular weight excluding hydrogens is 266 g/mol. The van der Waals surface area contributed by atoms with Crippen molar-refractivity contribution in [1.82, 2.24) is 5.32 Å². The fourth-order valence-corrected chi connectivity index (χ4v) is 1.65. The average molecular weight is 281 g/mol. The summed E-state index contributed by atoms with van der Waals surface area (Å²) in [6.07, 6.45) is 0. The van der Waals surface area contributed by atoms with Crippen LogP contribution in [0.4, 0.5) is 11.4 Å². The Bertz CT molecular complexity index is 544. The van der Waals surface area contributed by atoms with Crippen LogP contribution in [-0.4, -0.2) is 42.0 Å². The Morgan fingerprint density at radius 2 is 2.10 bits per heavy atom. The highest BCUT2D eigenvalue weighted by Crippen LogP contribution is 2.25. The molecule has 0 aliphatic heterocycles. The Morgan fingerprint density at radius 1 is 1.45 bits per heavy atom. The SMILES string of the molecule is CCNC(=O)CN(C)c1ccc(C(=O)O)c([N+](=O)[O-])c1. The molecular formula is C12H15N3O5. The smallest absolute Gasteiger partial charge is 0.342 e. The van der Waals surface area contributed by atoms with Crippen LogP contribution in [0.5, 0.6) is 0 Å². The summed E-state index contributed by atoms with van der Waals surface area (Å²) in [5.74, 6) is -1.59. The molecule has 0 spiro atoms. The minimum absolute atomic E-state index is 0.0252. The van der Waals surface area contributed by atoms with Gasteiger partial charge < -0.3 is 15.3 Å². The number of rotatable bonds is 6. The molecule has 8 heteroatoms. The Labute approximate surface area is 115 Å². The predicted octanol–water partition coefficient (Wildman–Crippen LogP) is 0.865. The number of carboxylic acid groups (broad SMARTS) is 1. The molecule has 0 unspecified atom stereocenters. The van der Waals surface area contributed by atoms with E-state index in [1.165, 1.54) is 11.0 Å². The van der Waals surface area contributed by atoms with Crippen molar-refractivity contribution in [2.75, 3.05) is 25.0 Å². The van der Waals surface area contributed by atoms with E-state index < -0.39 is 16.6 Å². The third kappa shape index (κ3) is 3.67. The van der Waals surface area contributed by atoms with Crippen LogP contribution in [0.3, 0.4) is 0 Å². The van der Waals surface area contributed by atoms with E-state index >= 15 is 0 Å². The standard InChI is InChI=1S/C12H15N3O5/c1-3-13-11(16)7-14(2)8-4-5-9(12(17)18)10(6-8)15(19)20/h4-6H,3,7H2,1-2H3,(H,13,16)(H,17,18). The Kier molecular flexibility index (Phi) is 5.01. The molecule has 0 saturated heterocycles. The quantitative estimate of drug-likeness (QED) is 0.590. The zero-order valence-electron chi connectivity index (χ0n) is 11.1. The molecule has 1 rings (SSSR count). The van der Waals surface area contributed by atoms with Crippen LogP contribution in [0.1, 0.15) is 17.3 Å². The molecule has 0 aliphatic rings. The van der Waals surface area contributed by atoms with Gasteiger partial charge in [0.05, 0.1) is 11.5 Å². The second-order valence-electron chi connectivity index (χ2n) is 4.07. The number of likely N-dealkylation sites (N-methyl/N-ethyl adjacent to an activating group) is 2. The lowest BCUT2D eigenvalue weighted by Gasteiger charge is -2.18. The van der Waals surface area contributed by atoms with Crippen molar-refractivity contribution < 1.29 is 19.6 Å². The maximum absolute atomic E-state index is 11.4. The first-order valence-electron chi connectivity index (χ1n) is 5.86. The van der Waals surface area contributed by atoms with E-state index in [-0.39, 0.29) is 18.0 Å². The molecule has 0 radical (unpaired) electrons. The van der Waals surface area contributed by atoms with Gasteiger partial charge in [-0.1, -0.05) is 0 Å². The minimum atomic E-state index is -1.37. The third-order valence-electron chi connectivity index (χ3n) is 2.60. The molecule has 0 heterocycles. The second kappa shape index (κ2) is 6.50. The normalized spacial score (nSPS) is 9.90. The van der Waals surface area contributed by atoms with E-state index in [0.29, 0.717) is 12.2 Å². The Morgan fingerprint density at radius 3 is 2.60 bits per heavy atom. The van der Waals surface area contributed by atoms with E-state index in [4.69, 9.17) is 5.11 Å².